The molecule has 0 fully saturated rings. The molecular weight excluding hydrogens is 214 g/mol. The van der Waals surface area contributed by atoms with Gasteiger partial charge in [-0.25, -0.2) is 9.97 Å². The van der Waals surface area contributed by atoms with Crippen LogP contribution in [0.25, 0.3) is 11.4 Å². The topological polar surface area (TPSA) is 67.9 Å². The van der Waals surface area contributed by atoms with Gasteiger partial charge in [-0.05, 0) is 18.2 Å². The van der Waals surface area contributed by atoms with Crippen LogP contribution in [-0.4, -0.2) is 29.0 Å². The summed E-state index contributed by atoms with van der Waals surface area (Å²) in [7, 11) is 3.80. The summed E-state index contributed by atoms with van der Waals surface area (Å²) in [4.78, 5) is 14.9. The highest BCUT2D eigenvalue weighted by atomic mass is 15.2. The lowest BCUT2D eigenvalue weighted by Crippen LogP contribution is -2.15. The van der Waals surface area contributed by atoms with Crippen LogP contribution in [0.5, 0.6) is 0 Å². The van der Waals surface area contributed by atoms with Crippen molar-refractivity contribution in [2.75, 3.05) is 19.0 Å². The summed E-state index contributed by atoms with van der Waals surface area (Å²) in [6, 6.07) is 7.60. The molecule has 0 saturated carbocycles. The first-order chi connectivity index (χ1) is 8.20. The molecule has 0 aliphatic heterocycles. The van der Waals surface area contributed by atoms with Gasteiger partial charge in [0.05, 0.1) is 17.1 Å². The average Bonchev–Trinajstić information content (AvgIpc) is 2.39. The summed E-state index contributed by atoms with van der Waals surface area (Å²) in [6.45, 7) is 0.392. The van der Waals surface area contributed by atoms with Crippen molar-refractivity contribution in [1.82, 2.24) is 15.0 Å². The minimum Gasteiger partial charge on any atom is -0.347 e. The average molecular weight is 229 g/mol. The van der Waals surface area contributed by atoms with Crippen molar-refractivity contribution in [3.05, 3.63) is 36.2 Å². The van der Waals surface area contributed by atoms with Crippen molar-refractivity contribution < 1.29 is 0 Å². The van der Waals surface area contributed by atoms with Gasteiger partial charge >= 0.3 is 0 Å². The van der Waals surface area contributed by atoms with E-state index in [0.29, 0.717) is 12.5 Å². The van der Waals surface area contributed by atoms with E-state index in [9.17, 15) is 0 Å². The highest BCUT2D eigenvalue weighted by Gasteiger charge is 2.07. The molecule has 0 aliphatic rings. The first-order valence-corrected chi connectivity index (χ1v) is 5.37. The van der Waals surface area contributed by atoms with Crippen LogP contribution in [0.2, 0.25) is 0 Å². The van der Waals surface area contributed by atoms with Crippen LogP contribution in [0.15, 0.2) is 30.5 Å². The molecule has 0 aliphatic carbocycles. The maximum absolute atomic E-state index is 5.64. The quantitative estimate of drug-likeness (QED) is 0.852. The highest BCUT2D eigenvalue weighted by molar-refractivity contribution is 5.56. The number of pyridine rings is 1. The van der Waals surface area contributed by atoms with Gasteiger partial charge in [-0.15, -0.1) is 0 Å². The second kappa shape index (κ2) is 4.88. The smallest absolute Gasteiger partial charge is 0.225 e. The summed E-state index contributed by atoms with van der Waals surface area (Å²) >= 11 is 0. The van der Waals surface area contributed by atoms with Crippen molar-refractivity contribution in [2.24, 2.45) is 5.73 Å². The Morgan fingerprint density at radius 2 is 2.00 bits per heavy atom. The summed E-state index contributed by atoms with van der Waals surface area (Å²) in [5.74, 6) is 0.647. The number of rotatable bonds is 3. The van der Waals surface area contributed by atoms with Crippen LogP contribution in [-0.2, 0) is 6.54 Å². The molecule has 0 bridgehead atoms. The summed E-state index contributed by atoms with van der Waals surface area (Å²) in [6.07, 6.45) is 1.74. The maximum Gasteiger partial charge on any atom is 0.225 e. The fourth-order valence-corrected chi connectivity index (χ4v) is 1.43. The van der Waals surface area contributed by atoms with E-state index >= 15 is 0 Å². The summed E-state index contributed by atoms with van der Waals surface area (Å²) in [5, 5.41) is 0. The predicted octanol–water partition coefficient (Wildman–Crippen LogP) is 1.06. The van der Waals surface area contributed by atoms with Crippen LogP contribution in [0.1, 0.15) is 5.69 Å². The van der Waals surface area contributed by atoms with Crippen LogP contribution < -0.4 is 10.6 Å². The fraction of sp³-hybridized carbons (Fsp3) is 0.250. The van der Waals surface area contributed by atoms with Crippen molar-refractivity contribution in [1.29, 1.82) is 0 Å². The number of nitrogens with zero attached hydrogens (tertiary/aromatic N) is 4. The molecule has 88 valence electrons. The lowest BCUT2D eigenvalue weighted by Gasteiger charge is -2.12. The number of anilines is 1. The number of hydrogen-bond donors (Lipinski definition) is 1. The minimum absolute atomic E-state index is 0.392. The Hall–Kier alpha value is -2.01. The van der Waals surface area contributed by atoms with E-state index < -0.39 is 0 Å². The highest BCUT2D eigenvalue weighted by Crippen LogP contribution is 2.17. The van der Waals surface area contributed by atoms with E-state index in [1.165, 1.54) is 0 Å². The third kappa shape index (κ3) is 2.57. The van der Waals surface area contributed by atoms with Gasteiger partial charge in [0.2, 0.25) is 5.95 Å². The van der Waals surface area contributed by atoms with Gasteiger partial charge in [0.1, 0.15) is 0 Å². The Kier molecular flexibility index (Phi) is 3.30. The normalized spacial score (nSPS) is 10.3. The zero-order valence-electron chi connectivity index (χ0n) is 9.96. The van der Waals surface area contributed by atoms with Crippen molar-refractivity contribution in [2.45, 2.75) is 6.54 Å². The standard InChI is InChI=1S/C12H15N5/c1-17(2)12-15-9(8-13)7-11(16-12)10-5-3-4-6-14-10/h3-7H,8,13H2,1-2H3. The molecule has 0 atom stereocenters. The Labute approximate surface area is 100 Å². The Balaban J connectivity index is 2.50. The van der Waals surface area contributed by atoms with E-state index in [0.717, 1.165) is 17.1 Å². The SMILES string of the molecule is CN(C)c1nc(CN)cc(-c2ccccn2)n1. The number of aromatic nitrogens is 3. The Morgan fingerprint density at radius 3 is 2.59 bits per heavy atom. The molecule has 0 radical (unpaired) electrons. The molecule has 17 heavy (non-hydrogen) atoms. The van der Waals surface area contributed by atoms with Gasteiger partial charge in [0, 0.05) is 26.8 Å². The minimum atomic E-state index is 0.392. The maximum atomic E-state index is 5.64. The summed E-state index contributed by atoms with van der Waals surface area (Å²) in [5.41, 5.74) is 8.07. The van der Waals surface area contributed by atoms with Gasteiger partial charge in [-0.1, -0.05) is 6.07 Å². The molecule has 2 heterocycles. The van der Waals surface area contributed by atoms with Crippen molar-refractivity contribution >= 4 is 5.95 Å². The molecule has 5 nitrogen and oxygen atoms in total. The molecule has 0 saturated heterocycles. The van der Waals surface area contributed by atoms with Crippen LogP contribution in [0, 0.1) is 0 Å². The molecule has 0 amide bonds. The van der Waals surface area contributed by atoms with Crippen molar-refractivity contribution in [3.8, 4) is 11.4 Å². The molecule has 0 aromatic carbocycles. The first-order valence-electron chi connectivity index (χ1n) is 5.37. The monoisotopic (exact) mass is 229 g/mol. The molecule has 2 N–H and O–H groups in total. The fourth-order valence-electron chi connectivity index (χ4n) is 1.43. The van der Waals surface area contributed by atoms with E-state index in [-0.39, 0.29) is 0 Å². The lowest BCUT2D eigenvalue weighted by molar-refractivity contribution is 0.923. The molecule has 0 spiro atoms. The van der Waals surface area contributed by atoms with Gasteiger partial charge in [-0.3, -0.25) is 4.98 Å². The van der Waals surface area contributed by atoms with E-state index in [1.54, 1.807) is 6.20 Å². The molecule has 2 aromatic heterocycles. The molecule has 5 heteroatoms. The first kappa shape index (κ1) is 11.5. The van der Waals surface area contributed by atoms with Gasteiger partial charge in [0.25, 0.3) is 0 Å². The zero-order chi connectivity index (χ0) is 12.3. The third-order valence-electron chi connectivity index (χ3n) is 2.30. The molecule has 2 aromatic rings. The number of hydrogen-bond acceptors (Lipinski definition) is 5. The second-order valence-corrected chi connectivity index (χ2v) is 3.86. The van der Waals surface area contributed by atoms with Crippen LogP contribution in [0.4, 0.5) is 5.95 Å². The second-order valence-electron chi connectivity index (χ2n) is 3.86. The molecule has 2 rings (SSSR count). The summed E-state index contributed by atoms with van der Waals surface area (Å²) < 4.78 is 0. The van der Waals surface area contributed by atoms with E-state index in [1.807, 2.05) is 43.3 Å². The van der Waals surface area contributed by atoms with Crippen molar-refractivity contribution in [3.63, 3.8) is 0 Å². The third-order valence-corrected chi connectivity index (χ3v) is 2.30. The van der Waals surface area contributed by atoms with Gasteiger partial charge < -0.3 is 10.6 Å². The molecular formula is C12H15N5. The van der Waals surface area contributed by atoms with Gasteiger partial charge in [-0.2, -0.15) is 0 Å². The van der Waals surface area contributed by atoms with Crippen LogP contribution in [0.3, 0.4) is 0 Å². The lowest BCUT2D eigenvalue weighted by atomic mass is 10.2. The van der Waals surface area contributed by atoms with Crippen LogP contribution >= 0.6 is 0 Å². The largest absolute Gasteiger partial charge is 0.347 e. The molecule has 0 unspecified atom stereocenters. The number of nitrogens with two attached hydrogens (primary N) is 1. The zero-order valence-corrected chi connectivity index (χ0v) is 9.96. The van der Waals surface area contributed by atoms with E-state index in [4.69, 9.17) is 5.73 Å². The van der Waals surface area contributed by atoms with E-state index in [2.05, 4.69) is 15.0 Å². The predicted molar refractivity (Wildman–Crippen MR) is 67.5 cm³/mol. The Morgan fingerprint density at radius 1 is 1.18 bits per heavy atom. The van der Waals surface area contributed by atoms with Gasteiger partial charge in [0.15, 0.2) is 0 Å². The Bertz CT molecular complexity index is 496.